The van der Waals surface area contributed by atoms with Gasteiger partial charge >= 0.3 is 5.97 Å². The van der Waals surface area contributed by atoms with E-state index in [-0.39, 0.29) is 12.1 Å². The Labute approximate surface area is 111 Å². The lowest BCUT2D eigenvalue weighted by molar-refractivity contribution is -0.145. The molecule has 0 spiro atoms. The average Bonchev–Trinajstić information content (AvgIpc) is 2.41. The Morgan fingerprint density at radius 1 is 1.47 bits per heavy atom. The van der Waals surface area contributed by atoms with Gasteiger partial charge in [-0.3, -0.25) is 10.1 Å². The third-order valence-electron chi connectivity index (χ3n) is 3.40. The Bertz CT molecular complexity index is 505. The zero-order valence-electron chi connectivity index (χ0n) is 11.0. The van der Waals surface area contributed by atoms with Gasteiger partial charge in [-0.05, 0) is 30.5 Å². The highest BCUT2D eigenvalue weighted by molar-refractivity contribution is 5.78. The van der Waals surface area contributed by atoms with Crippen LogP contribution in [0, 0.1) is 17.1 Å². The van der Waals surface area contributed by atoms with Gasteiger partial charge < -0.3 is 5.11 Å². The molecule has 0 aromatic heterocycles. The Kier molecular flexibility index (Phi) is 5.02. The third kappa shape index (κ3) is 3.30. The van der Waals surface area contributed by atoms with Crippen LogP contribution in [0.1, 0.15) is 37.8 Å². The maximum atomic E-state index is 13.2. The molecule has 0 heterocycles. The fraction of sp³-hybridized carbons (Fsp3) is 0.429. The molecule has 0 bridgehead atoms. The van der Waals surface area contributed by atoms with Gasteiger partial charge in [0.25, 0.3) is 0 Å². The molecule has 0 aliphatic rings. The van der Waals surface area contributed by atoms with Crippen LogP contribution in [0.4, 0.5) is 4.39 Å². The SMILES string of the molecule is CCC(CC)(NCc1ccc(F)c(C#N)c1)C(=O)O. The van der Waals surface area contributed by atoms with E-state index in [1.165, 1.54) is 12.1 Å². The summed E-state index contributed by atoms with van der Waals surface area (Å²) < 4.78 is 13.2. The summed E-state index contributed by atoms with van der Waals surface area (Å²) in [6, 6.07) is 5.96. The van der Waals surface area contributed by atoms with E-state index in [4.69, 9.17) is 5.26 Å². The van der Waals surface area contributed by atoms with Gasteiger partial charge in [0.2, 0.25) is 0 Å². The molecule has 0 saturated carbocycles. The number of rotatable bonds is 6. The second kappa shape index (κ2) is 6.30. The maximum Gasteiger partial charge on any atom is 0.323 e. The van der Waals surface area contributed by atoms with Gasteiger partial charge in [0, 0.05) is 6.54 Å². The van der Waals surface area contributed by atoms with Crippen LogP contribution in [0.2, 0.25) is 0 Å². The van der Waals surface area contributed by atoms with E-state index in [0.29, 0.717) is 18.4 Å². The normalized spacial score (nSPS) is 11.1. The van der Waals surface area contributed by atoms with E-state index in [1.54, 1.807) is 26.0 Å². The predicted molar refractivity (Wildman–Crippen MR) is 68.9 cm³/mol. The smallest absolute Gasteiger partial charge is 0.323 e. The van der Waals surface area contributed by atoms with Gasteiger partial charge in [0.15, 0.2) is 0 Å². The standard InChI is InChI=1S/C14H17FN2O2/c1-3-14(4-2,13(18)19)17-9-10-5-6-12(15)11(7-10)8-16/h5-7,17H,3-4,9H2,1-2H3,(H,18,19). The summed E-state index contributed by atoms with van der Waals surface area (Å²) >= 11 is 0. The van der Waals surface area contributed by atoms with Crippen molar-refractivity contribution in [3.8, 4) is 6.07 Å². The topological polar surface area (TPSA) is 73.1 Å². The van der Waals surface area contributed by atoms with Crippen LogP contribution in [0.25, 0.3) is 0 Å². The number of nitrogens with zero attached hydrogens (tertiary/aromatic N) is 1. The minimum absolute atomic E-state index is 0.0341. The summed E-state index contributed by atoms with van der Waals surface area (Å²) in [7, 11) is 0. The molecule has 0 amide bonds. The molecule has 1 aromatic carbocycles. The highest BCUT2D eigenvalue weighted by Crippen LogP contribution is 2.17. The van der Waals surface area contributed by atoms with Gasteiger partial charge in [0.1, 0.15) is 17.4 Å². The fourth-order valence-electron chi connectivity index (χ4n) is 1.92. The number of carboxylic acid groups (broad SMARTS) is 1. The lowest BCUT2D eigenvalue weighted by atomic mass is 9.92. The number of carboxylic acids is 1. The molecule has 1 aromatic rings. The number of carbonyl (C=O) groups is 1. The Morgan fingerprint density at radius 2 is 2.11 bits per heavy atom. The first-order valence-corrected chi connectivity index (χ1v) is 6.16. The molecule has 4 nitrogen and oxygen atoms in total. The van der Waals surface area contributed by atoms with Gasteiger partial charge in [-0.25, -0.2) is 4.39 Å². The molecule has 5 heteroatoms. The molecule has 1 rings (SSSR count). The zero-order valence-corrected chi connectivity index (χ0v) is 11.0. The molecule has 0 aliphatic heterocycles. The highest BCUT2D eigenvalue weighted by atomic mass is 19.1. The first-order valence-electron chi connectivity index (χ1n) is 6.16. The molecule has 0 atom stereocenters. The molecule has 0 fully saturated rings. The van der Waals surface area contributed by atoms with Gasteiger partial charge in [-0.1, -0.05) is 19.9 Å². The Balaban J connectivity index is 2.87. The number of halogens is 1. The monoisotopic (exact) mass is 264 g/mol. The summed E-state index contributed by atoms with van der Waals surface area (Å²) in [4.78, 5) is 11.3. The van der Waals surface area contributed by atoms with E-state index < -0.39 is 17.3 Å². The van der Waals surface area contributed by atoms with Crippen molar-refractivity contribution in [3.05, 3.63) is 35.1 Å². The molecule has 0 aliphatic carbocycles. The van der Waals surface area contributed by atoms with Gasteiger partial charge in [-0.15, -0.1) is 0 Å². The van der Waals surface area contributed by atoms with Crippen LogP contribution in [0.3, 0.4) is 0 Å². The van der Waals surface area contributed by atoms with Crippen LogP contribution < -0.4 is 5.32 Å². The van der Waals surface area contributed by atoms with Crippen LogP contribution in [-0.2, 0) is 11.3 Å². The minimum Gasteiger partial charge on any atom is -0.480 e. The van der Waals surface area contributed by atoms with E-state index in [0.717, 1.165) is 0 Å². The largest absolute Gasteiger partial charge is 0.480 e. The fourth-order valence-corrected chi connectivity index (χ4v) is 1.92. The molecule has 0 unspecified atom stereocenters. The second-order valence-corrected chi connectivity index (χ2v) is 4.37. The molecule has 2 N–H and O–H groups in total. The quantitative estimate of drug-likeness (QED) is 0.827. The lowest BCUT2D eigenvalue weighted by Gasteiger charge is -2.28. The molecule has 0 radical (unpaired) electrons. The first-order chi connectivity index (χ1) is 8.99. The van der Waals surface area contributed by atoms with E-state index in [2.05, 4.69) is 5.32 Å². The summed E-state index contributed by atoms with van der Waals surface area (Å²) in [5.41, 5.74) is -0.333. The third-order valence-corrected chi connectivity index (χ3v) is 3.40. The van der Waals surface area contributed by atoms with Crippen molar-refractivity contribution in [1.29, 1.82) is 5.26 Å². The van der Waals surface area contributed by atoms with Crippen LogP contribution in [-0.4, -0.2) is 16.6 Å². The number of nitrogens with one attached hydrogen (secondary N) is 1. The highest BCUT2D eigenvalue weighted by Gasteiger charge is 2.33. The number of aliphatic carboxylic acids is 1. The predicted octanol–water partition coefficient (Wildman–Crippen LogP) is 2.43. The Morgan fingerprint density at radius 3 is 2.58 bits per heavy atom. The number of hydrogen-bond donors (Lipinski definition) is 2. The second-order valence-electron chi connectivity index (χ2n) is 4.37. The number of benzene rings is 1. The van der Waals surface area contributed by atoms with Gasteiger partial charge in [-0.2, -0.15) is 5.26 Å². The van der Waals surface area contributed by atoms with E-state index in [1.807, 2.05) is 0 Å². The molecule has 0 saturated heterocycles. The summed E-state index contributed by atoms with van der Waals surface area (Å²) in [5.74, 6) is -1.47. The zero-order chi connectivity index (χ0) is 14.5. The van der Waals surface area contributed by atoms with Crippen molar-refractivity contribution in [2.75, 3.05) is 0 Å². The van der Waals surface area contributed by atoms with Crippen molar-refractivity contribution >= 4 is 5.97 Å². The van der Waals surface area contributed by atoms with Crippen molar-refractivity contribution < 1.29 is 14.3 Å². The van der Waals surface area contributed by atoms with Crippen molar-refractivity contribution in [1.82, 2.24) is 5.32 Å². The van der Waals surface area contributed by atoms with Crippen LogP contribution in [0.5, 0.6) is 0 Å². The first kappa shape index (κ1) is 15.1. The van der Waals surface area contributed by atoms with Gasteiger partial charge in [0.05, 0.1) is 5.56 Å². The van der Waals surface area contributed by atoms with Crippen LogP contribution >= 0.6 is 0 Å². The molecule has 19 heavy (non-hydrogen) atoms. The lowest BCUT2D eigenvalue weighted by Crippen LogP contribution is -2.50. The average molecular weight is 264 g/mol. The van der Waals surface area contributed by atoms with Crippen molar-refractivity contribution in [3.63, 3.8) is 0 Å². The summed E-state index contributed by atoms with van der Waals surface area (Å²) in [6.07, 6.45) is 0.899. The molecular formula is C14H17FN2O2. The molecule has 102 valence electrons. The summed E-state index contributed by atoms with van der Waals surface area (Å²) in [5, 5.41) is 21.0. The summed E-state index contributed by atoms with van der Waals surface area (Å²) in [6.45, 7) is 3.88. The maximum absolute atomic E-state index is 13.2. The van der Waals surface area contributed by atoms with Crippen LogP contribution in [0.15, 0.2) is 18.2 Å². The van der Waals surface area contributed by atoms with E-state index >= 15 is 0 Å². The number of nitriles is 1. The molecular weight excluding hydrogens is 247 g/mol. The Hall–Kier alpha value is -1.93. The van der Waals surface area contributed by atoms with Crippen molar-refractivity contribution in [2.45, 2.75) is 38.8 Å². The minimum atomic E-state index is -0.985. The number of hydrogen-bond acceptors (Lipinski definition) is 3. The van der Waals surface area contributed by atoms with Crippen molar-refractivity contribution in [2.24, 2.45) is 0 Å². The van der Waals surface area contributed by atoms with E-state index in [9.17, 15) is 14.3 Å².